The molecule has 3 rings (SSSR count). The van der Waals surface area contributed by atoms with Gasteiger partial charge in [0, 0.05) is 43.5 Å². The number of thioether (sulfide) groups is 1. The van der Waals surface area contributed by atoms with E-state index in [1.54, 1.807) is 11.8 Å². The standard InChI is InChI=1S/C18H26N6OS/c1-14(10-21-18-22-12-16(26-2)13-23-18)9-19-17-4-3-15(11-20-17)24-5-7-25-8-6-24/h3-4,11-14H,5-10H2,1-2H3,(H,19,20)(H,21,22,23). The normalized spacial score (nSPS) is 15.5. The third-order valence-corrected chi connectivity index (χ3v) is 4.91. The van der Waals surface area contributed by atoms with Gasteiger partial charge in [-0.25, -0.2) is 15.0 Å². The van der Waals surface area contributed by atoms with Crippen LogP contribution in [0, 0.1) is 5.92 Å². The summed E-state index contributed by atoms with van der Waals surface area (Å²) in [5.41, 5.74) is 1.15. The molecular formula is C18H26N6OS. The van der Waals surface area contributed by atoms with Crippen molar-refractivity contribution in [1.82, 2.24) is 15.0 Å². The molecular weight excluding hydrogens is 348 g/mol. The van der Waals surface area contributed by atoms with Gasteiger partial charge in [-0.2, -0.15) is 0 Å². The molecule has 2 aromatic heterocycles. The zero-order valence-corrected chi connectivity index (χ0v) is 16.1. The summed E-state index contributed by atoms with van der Waals surface area (Å²) in [5, 5.41) is 6.66. The number of anilines is 3. The summed E-state index contributed by atoms with van der Waals surface area (Å²) >= 11 is 1.64. The number of nitrogens with zero attached hydrogens (tertiary/aromatic N) is 4. The van der Waals surface area contributed by atoms with Gasteiger partial charge in [-0.3, -0.25) is 0 Å². The largest absolute Gasteiger partial charge is 0.378 e. The molecule has 2 N–H and O–H groups in total. The Bertz CT molecular complexity index is 660. The van der Waals surface area contributed by atoms with Crippen molar-refractivity contribution in [2.45, 2.75) is 11.8 Å². The maximum absolute atomic E-state index is 5.39. The Morgan fingerprint density at radius 2 is 1.81 bits per heavy atom. The summed E-state index contributed by atoms with van der Waals surface area (Å²) in [6.45, 7) is 7.24. The van der Waals surface area contributed by atoms with E-state index in [0.717, 1.165) is 55.8 Å². The molecule has 0 aromatic carbocycles. The third kappa shape index (κ3) is 5.47. The highest BCUT2D eigenvalue weighted by Gasteiger charge is 2.11. The Labute approximate surface area is 159 Å². The molecule has 2 aromatic rings. The lowest BCUT2D eigenvalue weighted by Gasteiger charge is -2.28. The van der Waals surface area contributed by atoms with Gasteiger partial charge in [-0.1, -0.05) is 6.92 Å². The molecule has 140 valence electrons. The van der Waals surface area contributed by atoms with Gasteiger partial charge in [-0.05, 0) is 24.3 Å². The number of hydrogen-bond acceptors (Lipinski definition) is 8. The first kappa shape index (κ1) is 18.7. The van der Waals surface area contributed by atoms with Crippen LogP contribution in [0.4, 0.5) is 17.5 Å². The lowest BCUT2D eigenvalue weighted by Crippen LogP contribution is -2.36. The van der Waals surface area contributed by atoms with Crippen LogP contribution in [0.1, 0.15) is 6.92 Å². The van der Waals surface area contributed by atoms with Crippen LogP contribution in [-0.2, 0) is 4.74 Å². The quantitative estimate of drug-likeness (QED) is 0.683. The molecule has 1 fully saturated rings. The van der Waals surface area contributed by atoms with E-state index in [4.69, 9.17) is 4.74 Å². The van der Waals surface area contributed by atoms with Crippen molar-refractivity contribution in [2.75, 3.05) is 61.2 Å². The van der Waals surface area contributed by atoms with Crippen molar-refractivity contribution >= 4 is 29.2 Å². The van der Waals surface area contributed by atoms with Crippen molar-refractivity contribution in [3.63, 3.8) is 0 Å². The first-order chi connectivity index (χ1) is 12.7. The molecule has 0 radical (unpaired) electrons. The summed E-state index contributed by atoms with van der Waals surface area (Å²) in [4.78, 5) is 16.5. The minimum absolute atomic E-state index is 0.416. The Hall–Kier alpha value is -2.06. The highest BCUT2D eigenvalue weighted by atomic mass is 32.2. The van der Waals surface area contributed by atoms with E-state index >= 15 is 0 Å². The van der Waals surface area contributed by atoms with Crippen molar-refractivity contribution < 1.29 is 4.74 Å². The molecule has 0 amide bonds. The number of aromatic nitrogens is 3. The van der Waals surface area contributed by atoms with Crippen molar-refractivity contribution in [3.8, 4) is 0 Å². The molecule has 0 spiro atoms. The van der Waals surface area contributed by atoms with Gasteiger partial charge >= 0.3 is 0 Å². The van der Waals surface area contributed by atoms with E-state index in [1.807, 2.05) is 30.9 Å². The number of ether oxygens (including phenoxy) is 1. The molecule has 1 saturated heterocycles. The fourth-order valence-corrected chi connectivity index (χ4v) is 2.94. The number of nitrogens with one attached hydrogen (secondary N) is 2. The van der Waals surface area contributed by atoms with Crippen LogP contribution in [-0.4, -0.2) is 60.6 Å². The second-order valence-corrected chi connectivity index (χ2v) is 7.19. The van der Waals surface area contributed by atoms with Crippen LogP contribution in [0.25, 0.3) is 0 Å². The van der Waals surface area contributed by atoms with Gasteiger partial charge in [0.1, 0.15) is 5.82 Å². The number of pyridine rings is 1. The van der Waals surface area contributed by atoms with Gasteiger partial charge in [-0.15, -0.1) is 11.8 Å². The summed E-state index contributed by atoms with van der Waals surface area (Å²) < 4.78 is 5.39. The number of hydrogen-bond donors (Lipinski definition) is 2. The smallest absolute Gasteiger partial charge is 0.222 e. The molecule has 1 atom stereocenters. The number of rotatable bonds is 8. The third-order valence-electron chi connectivity index (χ3n) is 4.23. The Morgan fingerprint density at radius 1 is 1.08 bits per heavy atom. The summed E-state index contributed by atoms with van der Waals surface area (Å²) in [6.07, 6.45) is 7.62. The number of morpholine rings is 1. The topological polar surface area (TPSA) is 75.2 Å². The fraction of sp³-hybridized carbons (Fsp3) is 0.500. The molecule has 1 aliphatic heterocycles. The molecule has 0 bridgehead atoms. The lowest BCUT2D eigenvalue weighted by atomic mass is 10.2. The Kier molecular flexibility index (Phi) is 6.90. The zero-order valence-electron chi connectivity index (χ0n) is 15.3. The van der Waals surface area contributed by atoms with Crippen LogP contribution in [0.5, 0.6) is 0 Å². The summed E-state index contributed by atoms with van der Waals surface area (Å²) in [5.74, 6) is 1.98. The first-order valence-corrected chi connectivity index (χ1v) is 10.1. The van der Waals surface area contributed by atoms with Gasteiger partial charge in [0.15, 0.2) is 0 Å². The molecule has 7 nitrogen and oxygen atoms in total. The molecule has 0 aliphatic carbocycles. The lowest BCUT2D eigenvalue weighted by molar-refractivity contribution is 0.122. The van der Waals surface area contributed by atoms with Crippen LogP contribution in [0.15, 0.2) is 35.6 Å². The van der Waals surface area contributed by atoms with Gasteiger partial charge < -0.3 is 20.3 Å². The van der Waals surface area contributed by atoms with E-state index in [9.17, 15) is 0 Å². The van der Waals surface area contributed by atoms with Crippen LogP contribution in [0.2, 0.25) is 0 Å². The van der Waals surface area contributed by atoms with Gasteiger partial charge in [0.2, 0.25) is 5.95 Å². The van der Waals surface area contributed by atoms with Crippen LogP contribution in [0.3, 0.4) is 0 Å². The molecule has 1 unspecified atom stereocenters. The molecule has 1 aliphatic rings. The van der Waals surface area contributed by atoms with Crippen molar-refractivity contribution in [3.05, 3.63) is 30.7 Å². The SMILES string of the molecule is CSc1cnc(NCC(C)CNc2ccc(N3CCOCC3)cn2)nc1. The minimum atomic E-state index is 0.416. The Balaban J connectivity index is 1.41. The van der Waals surface area contributed by atoms with E-state index in [2.05, 4.69) is 43.5 Å². The van der Waals surface area contributed by atoms with E-state index in [-0.39, 0.29) is 0 Å². The highest BCUT2D eigenvalue weighted by molar-refractivity contribution is 7.98. The molecule has 0 saturated carbocycles. The van der Waals surface area contributed by atoms with Crippen LogP contribution < -0.4 is 15.5 Å². The second-order valence-electron chi connectivity index (χ2n) is 6.31. The first-order valence-electron chi connectivity index (χ1n) is 8.87. The summed E-state index contributed by atoms with van der Waals surface area (Å²) in [7, 11) is 0. The average Bonchev–Trinajstić information content (AvgIpc) is 2.72. The Morgan fingerprint density at radius 3 is 2.46 bits per heavy atom. The van der Waals surface area contributed by atoms with Gasteiger partial charge in [0.05, 0.1) is 25.1 Å². The minimum Gasteiger partial charge on any atom is -0.378 e. The van der Waals surface area contributed by atoms with Crippen molar-refractivity contribution in [2.24, 2.45) is 5.92 Å². The van der Waals surface area contributed by atoms with E-state index in [1.165, 1.54) is 0 Å². The highest BCUT2D eigenvalue weighted by Crippen LogP contribution is 2.17. The maximum atomic E-state index is 5.39. The maximum Gasteiger partial charge on any atom is 0.222 e. The van der Waals surface area contributed by atoms with E-state index < -0.39 is 0 Å². The van der Waals surface area contributed by atoms with Crippen LogP contribution >= 0.6 is 11.8 Å². The molecule has 26 heavy (non-hydrogen) atoms. The fourth-order valence-electron chi connectivity index (χ4n) is 2.63. The second kappa shape index (κ2) is 9.59. The average molecular weight is 375 g/mol. The zero-order chi connectivity index (χ0) is 18.2. The van der Waals surface area contributed by atoms with Gasteiger partial charge in [0.25, 0.3) is 0 Å². The summed E-state index contributed by atoms with van der Waals surface area (Å²) in [6, 6.07) is 4.15. The molecule has 8 heteroatoms. The van der Waals surface area contributed by atoms with E-state index in [0.29, 0.717) is 11.9 Å². The predicted octanol–water partition coefficient (Wildman–Crippen LogP) is 2.59. The monoisotopic (exact) mass is 374 g/mol. The predicted molar refractivity (Wildman–Crippen MR) is 107 cm³/mol. The van der Waals surface area contributed by atoms with Crippen molar-refractivity contribution in [1.29, 1.82) is 0 Å². The molecule has 3 heterocycles.